The van der Waals surface area contributed by atoms with Crippen LogP contribution in [0.2, 0.25) is 0 Å². The van der Waals surface area contributed by atoms with Crippen molar-refractivity contribution >= 4 is 19.9 Å². The van der Waals surface area contributed by atoms with Gasteiger partial charge in [0.1, 0.15) is 0 Å². The molecule has 0 N–H and O–H groups in total. The number of cyclic esters (lactones) is 2. The van der Waals surface area contributed by atoms with E-state index in [0.717, 1.165) is 12.8 Å². The van der Waals surface area contributed by atoms with Gasteiger partial charge in [-0.15, -0.1) is 0 Å². The number of halogens is 1. The Labute approximate surface area is 102 Å². The number of alkyl halides is 1. The van der Waals surface area contributed by atoms with Gasteiger partial charge < -0.3 is 0 Å². The predicted octanol–water partition coefficient (Wildman–Crippen LogP) is -3.88. The second-order valence-corrected chi connectivity index (χ2v) is 11.6. The Balaban J connectivity index is 2.02. The van der Waals surface area contributed by atoms with Gasteiger partial charge in [-0.1, -0.05) is 0 Å². The van der Waals surface area contributed by atoms with E-state index >= 15 is 0 Å². The fourth-order valence-corrected chi connectivity index (χ4v) is 13.3. The van der Waals surface area contributed by atoms with Gasteiger partial charge in [0.15, 0.2) is 0 Å². The Bertz CT molecular complexity index is 427. The standard InChI is InChI=1S/C9H8IO5S/c11-6-8-3-16(13)10-9(8,7(12)15-6)5-2-1-4(8)14-5/h4-5H,1-3H2/q-1. The monoisotopic (exact) mass is 355 g/mol. The Morgan fingerprint density at radius 2 is 2.00 bits per heavy atom. The van der Waals surface area contributed by atoms with Crippen LogP contribution in [0, 0.1) is 5.41 Å². The van der Waals surface area contributed by atoms with Gasteiger partial charge in [0.25, 0.3) is 0 Å². The van der Waals surface area contributed by atoms with Crippen molar-refractivity contribution in [2.24, 2.45) is 5.41 Å². The number of fused-ring (bicyclic) bond motifs is 2. The topological polar surface area (TPSA) is 69.7 Å². The van der Waals surface area contributed by atoms with Crippen molar-refractivity contribution in [2.45, 2.75) is 28.5 Å². The summed E-state index contributed by atoms with van der Waals surface area (Å²) in [6.45, 7) is 0. The molecule has 7 heteroatoms. The number of hydrogen-bond acceptors (Lipinski definition) is 5. The second-order valence-electron chi connectivity index (χ2n) is 4.56. The molecule has 0 aromatic heterocycles. The second kappa shape index (κ2) is 2.69. The van der Waals surface area contributed by atoms with Crippen molar-refractivity contribution in [1.82, 2.24) is 0 Å². The number of carbonyl (C=O) groups excluding carboxylic acids is 2. The van der Waals surface area contributed by atoms with Crippen LogP contribution in [-0.2, 0) is 27.0 Å². The number of hydrogen-bond donors (Lipinski definition) is 0. The van der Waals surface area contributed by atoms with E-state index in [9.17, 15) is 13.8 Å². The average molecular weight is 355 g/mol. The van der Waals surface area contributed by atoms with Crippen molar-refractivity contribution in [3.63, 3.8) is 0 Å². The van der Waals surface area contributed by atoms with Gasteiger partial charge >= 0.3 is 103 Å². The number of carbonyl (C=O) groups is 2. The zero-order valence-corrected chi connectivity index (χ0v) is 11.1. The molecule has 16 heavy (non-hydrogen) atoms. The Kier molecular flexibility index (Phi) is 1.67. The van der Waals surface area contributed by atoms with Gasteiger partial charge in [0.05, 0.1) is 0 Å². The van der Waals surface area contributed by atoms with Gasteiger partial charge in [0, 0.05) is 0 Å². The zero-order valence-electron chi connectivity index (χ0n) is 8.10. The Morgan fingerprint density at radius 3 is 2.75 bits per heavy atom. The summed E-state index contributed by atoms with van der Waals surface area (Å²) >= 11 is -0.870. The summed E-state index contributed by atoms with van der Waals surface area (Å²) in [6.07, 6.45) is 1.14. The van der Waals surface area contributed by atoms with Crippen molar-refractivity contribution in [3.8, 4) is 0 Å². The SMILES string of the molecule is O=C1OC(=O)C23[I-]S(=O)CC12C1CCC3O1. The summed E-state index contributed by atoms with van der Waals surface area (Å²) in [7, 11) is -0.993. The van der Waals surface area contributed by atoms with Gasteiger partial charge in [0.2, 0.25) is 0 Å². The molecule has 88 valence electrons. The molecule has 0 saturated carbocycles. The van der Waals surface area contributed by atoms with E-state index in [-0.39, 0.29) is 18.0 Å². The molecule has 4 aliphatic heterocycles. The third kappa shape index (κ3) is 0.752. The third-order valence-corrected chi connectivity index (χ3v) is 11.7. The van der Waals surface area contributed by atoms with Crippen LogP contribution in [0.1, 0.15) is 12.8 Å². The zero-order chi connectivity index (χ0) is 11.1. The van der Waals surface area contributed by atoms with Crippen molar-refractivity contribution in [3.05, 3.63) is 0 Å². The molecule has 0 aromatic carbocycles. The van der Waals surface area contributed by atoms with Crippen LogP contribution in [-0.4, -0.2) is 37.5 Å². The van der Waals surface area contributed by atoms with E-state index in [1.807, 2.05) is 0 Å². The van der Waals surface area contributed by atoms with Crippen LogP contribution in [0.3, 0.4) is 0 Å². The first-order valence-electron chi connectivity index (χ1n) is 5.08. The van der Waals surface area contributed by atoms with Crippen molar-refractivity contribution in [2.75, 3.05) is 5.75 Å². The van der Waals surface area contributed by atoms with Crippen molar-refractivity contribution in [1.29, 1.82) is 0 Å². The van der Waals surface area contributed by atoms with Crippen LogP contribution in [0.15, 0.2) is 0 Å². The molecule has 4 fully saturated rings. The van der Waals surface area contributed by atoms with Crippen LogP contribution < -0.4 is 19.8 Å². The molecule has 4 aliphatic rings. The molecule has 0 aliphatic carbocycles. The average Bonchev–Trinajstić information content (AvgIpc) is 2.86. The number of rotatable bonds is 0. The van der Waals surface area contributed by atoms with E-state index < -0.39 is 48.6 Å². The fourth-order valence-electron chi connectivity index (χ4n) is 3.41. The molecule has 4 saturated heterocycles. The first-order valence-corrected chi connectivity index (χ1v) is 10.0. The molecule has 0 radical (unpaired) electrons. The summed E-state index contributed by atoms with van der Waals surface area (Å²) in [5.74, 6) is -0.648. The molecule has 0 amide bonds. The first-order chi connectivity index (χ1) is 7.61. The van der Waals surface area contributed by atoms with Crippen LogP contribution in [0.5, 0.6) is 0 Å². The van der Waals surface area contributed by atoms with E-state index in [1.54, 1.807) is 0 Å². The van der Waals surface area contributed by atoms with E-state index in [1.165, 1.54) is 0 Å². The minimum atomic E-state index is -0.993. The molecular weight excluding hydrogens is 347 g/mol. The molecule has 4 rings (SSSR count). The molecule has 2 bridgehead atoms. The molecule has 4 heterocycles. The Hall–Kier alpha value is -0.0200. The first kappa shape index (κ1) is 9.95. The van der Waals surface area contributed by atoms with Crippen LogP contribution in [0.25, 0.3) is 0 Å². The third-order valence-electron chi connectivity index (χ3n) is 4.06. The maximum atomic E-state index is 12.0. The molecule has 0 aromatic rings. The summed E-state index contributed by atoms with van der Waals surface area (Å²) in [5, 5.41) is 0. The summed E-state index contributed by atoms with van der Waals surface area (Å²) < 4.78 is 21.6. The van der Waals surface area contributed by atoms with Gasteiger partial charge in [-0.25, -0.2) is 0 Å². The minimum absolute atomic E-state index is 0.212. The van der Waals surface area contributed by atoms with E-state index in [0.29, 0.717) is 0 Å². The summed E-state index contributed by atoms with van der Waals surface area (Å²) in [6, 6.07) is 0. The van der Waals surface area contributed by atoms with Gasteiger partial charge in [-0.05, 0) is 0 Å². The molecule has 5 nitrogen and oxygen atoms in total. The number of esters is 2. The van der Waals surface area contributed by atoms with Crippen molar-refractivity contribution < 1.29 is 43.1 Å². The number of ether oxygens (including phenoxy) is 2. The van der Waals surface area contributed by atoms with E-state index in [2.05, 4.69) is 0 Å². The maximum absolute atomic E-state index is 12.0. The normalized spacial score (nSPS) is 58.1. The predicted molar refractivity (Wildman–Crippen MR) is 47.2 cm³/mol. The van der Waals surface area contributed by atoms with Gasteiger partial charge in [-0.3, -0.25) is 0 Å². The summed E-state index contributed by atoms with van der Waals surface area (Å²) in [4.78, 5) is 23.9. The van der Waals surface area contributed by atoms with Gasteiger partial charge in [-0.2, -0.15) is 0 Å². The quantitative estimate of drug-likeness (QED) is 0.146. The van der Waals surface area contributed by atoms with Crippen LogP contribution >= 0.6 is 0 Å². The van der Waals surface area contributed by atoms with E-state index in [4.69, 9.17) is 9.47 Å². The molecule has 5 unspecified atom stereocenters. The fraction of sp³-hybridized carbons (Fsp3) is 0.778. The Morgan fingerprint density at radius 1 is 1.25 bits per heavy atom. The summed E-state index contributed by atoms with van der Waals surface area (Å²) in [5.41, 5.74) is -0.870. The molecular formula is C9H8IO5S-. The molecule has 5 atom stereocenters. The molecule has 0 spiro atoms. The van der Waals surface area contributed by atoms with Crippen LogP contribution in [0.4, 0.5) is 0 Å².